The number of rotatable bonds is 7. The summed E-state index contributed by atoms with van der Waals surface area (Å²) in [6, 6.07) is 22.7. The Bertz CT molecular complexity index is 1240. The average Bonchev–Trinajstić information content (AvgIpc) is 3.54. The maximum Gasteiger partial charge on any atom is 0.206 e. The zero-order chi connectivity index (χ0) is 22.3. The van der Waals surface area contributed by atoms with Crippen LogP contribution in [-0.2, 0) is 11.2 Å². The number of hydrogen-bond donors (Lipinski definition) is 0. The summed E-state index contributed by atoms with van der Waals surface area (Å²) in [6.45, 7) is 4.12. The van der Waals surface area contributed by atoms with Crippen LogP contribution >= 0.6 is 11.3 Å². The topological polar surface area (TPSA) is 55.3 Å². The highest BCUT2D eigenvalue weighted by Gasteiger charge is 2.11. The first kappa shape index (κ1) is 21.4. The van der Waals surface area contributed by atoms with E-state index in [1.165, 1.54) is 11.3 Å². The van der Waals surface area contributed by atoms with Crippen LogP contribution in [0.2, 0.25) is 0 Å². The van der Waals surface area contributed by atoms with E-state index in [1.54, 1.807) is 17.6 Å². The summed E-state index contributed by atoms with van der Waals surface area (Å²) >= 11 is 1.57. The molecule has 0 spiro atoms. The molecule has 3 heterocycles. The summed E-state index contributed by atoms with van der Waals surface area (Å²) < 4.78 is 13.0. The predicted octanol–water partition coefficient (Wildman–Crippen LogP) is 4.67. The summed E-state index contributed by atoms with van der Waals surface area (Å²) in [7, 11) is 0. The number of thiazole rings is 1. The van der Waals surface area contributed by atoms with E-state index in [0.717, 1.165) is 54.5 Å². The Kier molecular flexibility index (Phi) is 6.79. The fourth-order valence-corrected chi connectivity index (χ4v) is 4.60. The molecule has 0 aliphatic carbocycles. The number of ether oxygens (including phenoxy) is 1. The Labute approximate surface area is 197 Å². The number of morpholine rings is 1. The molecule has 1 fully saturated rings. The smallest absolute Gasteiger partial charge is 0.206 e. The van der Waals surface area contributed by atoms with Crippen LogP contribution in [0, 0.1) is 0 Å². The Morgan fingerprint density at radius 2 is 1.76 bits per heavy atom. The molecule has 6 nitrogen and oxygen atoms in total. The zero-order valence-corrected chi connectivity index (χ0v) is 19.2. The van der Waals surface area contributed by atoms with Crippen molar-refractivity contribution >= 4 is 23.2 Å². The second-order valence-electron chi connectivity index (χ2n) is 7.75. The first-order valence-electron chi connectivity index (χ1n) is 11.1. The molecule has 1 aliphatic heterocycles. The lowest BCUT2D eigenvalue weighted by Crippen LogP contribution is -2.36. The van der Waals surface area contributed by atoms with Gasteiger partial charge in [-0.15, -0.1) is 11.3 Å². The molecule has 2 aromatic carbocycles. The van der Waals surface area contributed by atoms with Crippen LogP contribution in [0.15, 0.2) is 92.9 Å². The summed E-state index contributed by atoms with van der Waals surface area (Å²) in [6.07, 6.45) is 4.44. The number of furan rings is 1. The maximum absolute atomic E-state index is 5.64. The molecule has 5 rings (SSSR count). The van der Waals surface area contributed by atoms with Crippen molar-refractivity contribution in [1.82, 2.24) is 4.68 Å². The Morgan fingerprint density at radius 3 is 2.52 bits per heavy atom. The van der Waals surface area contributed by atoms with Gasteiger partial charge in [0, 0.05) is 30.7 Å². The minimum atomic E-state index is 0.700. The number of hydrogen-bond acceptors (Lipinski definition) is 6. The number of anilines is 1. The molecule has 0 amide bonds. The van der Waals surface area contributed by atoms with Gasteiger partial charge in [0.1, 0.15) is 5.69 Å². The van der Waals surface area contributed by atoms with Gasteiger partial charge < -0.3 is 14.1 Å². The van der Waals surface area contributed by atoms with Crippen molar-refractivity contribution in [2.45, 2.75) is 6.42 Å². The van der Waals surface area contributed by atoms with Gasteiger partial charge in [0.2, 0.25) is 4.80 Å². The Hall–Kier alpha value is -3.42. The molecule has 1 saturated heterocycles. The highest BCUT2D eigenvalue weighted by molar-refractivity contribution is 7.07. The Balaban J connectivity index is 1.38. The standard InChI is InChI=1S/C26H26N4O2S/c1-2-5-21(6-3-1)12-13-27-26-30(24(20-33-26)25-7-4-16-32-25)28-19-22-8-10-23(11-9-22)29-14-17-31-18-15-29/h1-11,16,19-20H,12-15,17-18H2. The lowest BCUT2D eigenvalue weighted by molar-refractivity contribution is 0.122. The molecule has 0 radical (unpaired) electrons. The maximum atomic E-state index is 5.64. The predicted molar refractivity (Wildman–Crippen MR) is 133 cm³/mol. The summed E-state index contributed by atoms with van der Waals surface area (Å²) in [5, 5.41) is 6.82. The van der Waals surface area contributed by atoms with Crippen molar-refractivity contribution in [2.75, 3.05) is 37.7 Å². The first-order chi connectivity index (χ1) is 16.4. The van der Waals surface area contributed by atoms with Crippen molar-refractivity contribution in [3.8, 4) is 11.5 Å². The third-order valence-electron chi connectivity index (χ3n) is 5.54. The number of nitrogens with zero attached hydrogens (tertiary/aromatic N) is 4. The first-order valence-corrected chi connectivity index (χ1v) is 12.0. The van der Waals surface area contributed by atoms with Crippen LogP contribution in [0.3, 0.4) is 0 Å². The van der Waals surface area contributed by atoms with E-state index in [-0.39, 0.29) is 0 Å². The minimum absolute atomic E-state index is 0.700. The quantitative estimate of drug-likeness (QED) is 0.378. The van der Waals surface area contributed by atoms with Gasteiger partial charge in [-0.2, -0.15) is 5.10 Å². The molecule has 0 atom stereocenters. The molecule has 4 aromatic rings. The van der Waals surface area contributed by atoms with Gasteiger partial charge in [-0.25, -0.2) is 4.68 Å². The van der Waals surface area contributed by atoms with E-state index in [4.69, 9.17) is 19.2 Å². The van der Waals surface area contributed by atoms with E-state index >= 15 is 0 Å². The van der Waals surface area contributed by atoms with Crippen molar-refractivity contribution in [3.05, 3.63) is 94.3 Å². The lowest BCUT2D eigenvalue weighted by atomic mass is 10.2. The number of benzene rings is 2. The van der Waals surface area contributed by atoms with Gasteiger partial charge in [-0.3, -0.25) is 4.99 Å². The molecule has 0 unspecified atom stereocenters. The van der Waals surface area contributed by atoms with E-state index in [1.807, 2.05) is 34.5 Å². The largest absolute Gasteiger partial charge is 0.463 e. The van der Waals surface area contributed by atoms with Crippen LogP contribution in [0.25, 0.3) is 11.5 Å². The monoisotopic (exact) mass is 458 g/mol. The third-order valence-corrected chi connectivity index (χ3v) is 6.39. The SMILES string of the molecule is C(=Nn1c(-c2ccco2)csc1=NCCc1ccccc1)c1ccc(N2CCOCC2)cc1. The zero-order valence-electron chi connectivity index (χ0n) is 18.3. The molecule has 1 aliphatic rings. The Morgan fingerprint density at radius 1 is 0.939 bits per heavy atom. The fraction of sp³-hybridized carbons (Fsp3) is 0.231. The highest BCUT2D eigenvalue weighted by atomic mass is 32.1. The second kappa shape index (κ2) is 10.5. The third kappa shape index (κ3) is 5.32. The van der Waals surface area contributed by atoms with Crippen LogP contribution < -0.4 is 9.70 Å². The molecule has 33 heavy (non-hydrogen) atoms. The van der Waals surface area contributed by atoms with Crippen LogP contribution in [-0.4, -0.2) is 43.7 Å². The van der Waals surface area contributed by atoms with Gasteiger partial charge in [0.15, 0.2) is 5.76 Å². The van der Waals surface area contributed by atoms with E-state index < -0.39 is 0 Å². The van der Waals surface area contributed by atoms with Crippen LogP contribution in [0.4, 0.5) is 5.69 Å². The van der Waals surface area contributed by atoms with Crippen molar-refractivity contribution in [3.63, 3.8) is 0 Å². The summed E-state index contributed by atoms with van der Waals surface area (Å²) in [5.41, 5.74) is 4.42. The van der Waals surface area contributed by atoms with E-state index in [2.05, 4.69) is 53.4 Å². The van der Waals surface area contributed by atoms with Gasteiger partial charge in [0.25, 0.3) is 0 Å². The molecule has 168 valence electrons. The van der Waals surface area contributed by atoms with Crippen LogP contribution in [0.1, 0.15) is 11.1 Å². The van der Waals surface area contributed by atoms with Crippen molar-refractivity contribution in [2.24, 2.45) is 10.1 Å². The normalized spacial score (nSPS) is 14.9. The van der Waals surface area contributed by atoms with Crippen LogP contribution in [0.5, 0.6) is 0 Å². The molecule has 0 bridgehead atoms. The molecule has 7 heteroatoms. The molecular weight excluding hydrogens is 432 g/mol. The highest BCUT2D eigenvalue weighted by Crippen LogP contribution is 2.21. The van der Waals surface area contributed by atoms with Gasteiger partial charge in [-0.05, 0) is 41.8 Å². The van der Waals surface area contributed by atoms with E-state index in [9.17, 15) is 0 Å². The molecule has 0 N–H and O–H groups in total. The number of aromatic nitrogens is 1. The minimum Gasteiger partial charge on any atom is -0.463 e. The van der Waals surface area contributed by atoms with Gasteiger partial charge in [-0.1, -0.05) is 42.5 Å². The average molecular weight is 459 g/mol. The molecule has 2 aromatic heterocycles. The lowest BCUT2D eigenvalue weighted by Gasteiger charge is -2.28. The molecule has 0 saturated carbocycles. The molecular formula is C26H26N4O2S. The van der Waals surface area contributed by atoms with Crippen molar-refractivity contribution in [1.29, 1.82) is 0 Å². The second-order valence-corrected chi connectivity index (χ2v) is 8.58. The fourth-order valence-electron chi connectivity index (χ4n) is 3.76. The summed E-state index contributed by atoms with van der Waals surface area (Å²) in [4.78, 5) is 8.02. The van der Waals surface area contributed by atoms with Gasteiger partial charge in [0.05, 0.1) is 25.7 Å². The van der Waals surface area contributed by atoms with Crippen molar-refractivity contribution < 1.29 is 9.15 Å². The summed E-state index contributed by atoms with van der Waals surface area (Å²) in [5.74, 6) is 0.774. The van der Waals surface area contributed by atoms with E-state index in [0.29, 0.717) is 6.54 Å². The van der Waals surface area contributed by atoms with Gasteiger partial charge >= 0.3 is 0 Å².